The summed E-state index contributed by atoms with van der Waals surface area (Å²) < 4.78 is 6.64. The van der Waals surface area contributed by atoms with Gasteiger partial charge in [0.05, 0.1) is 15.2 Å². The Kier molecular flexibility index (Phi) is 4.77. The van der Waals surface area contributed by atoms with Crippen LogP contribution in [0.3, 0.4) is 0 Å². The molecule has 1 saturated heterocycles. The third-order valence-corrected chi connectivity index (χ3v) is 5.29. The number of thiazole rings is 1. The second-order valence-electron chi connectivity index (χ2n) is 6.40. The molecule has 0 saturated carbocycles. The van der Waals surface area contributed by atoms with Crippen molar-refractivity contribution in [2.45, 2.75) is 19.8 Å². The highest BCUT2D eigenvalue weighted by Gasteiger charge is 2.21. The van der Waals surface area contributed by atoms with E-state index in [-0.39, 0.29) is 18.4 Å². The van der Waals surface area contributed by atoms with Gasteiger partial charge in [-0.15, -0.1) is 11.3 Å². The fourth-order valence-corrected chi connectivity index (χ4v) is 3.99. The highest BCUT2D eigenvalue weighted by atomic mass is 32.1. The summed E-state index contributed by atoms with van der Waals surface area (Å²) in [5.41, 5.74) is 2.46. The van der Waals surface area contributed by atoms with Crippen LogP contribution < -0.4 is 15.0 Å². The number of anilines is 2. The van der Waals surface area contributed by atoms with Crippen molar-refractivity contribution in [3.05, 3.63) is 47.5 Å². The van der Waals surface area contributed by atoms with Crippen molar-refractivity contribution in [2.75, 3.05) is 23.4 Å². The smallest absolute Gasteiger partial charge is 0.262 e. The van der Waals surface area contributed by atoms with Crippen molar-refractivity contribution in [1.29, 1.82) is 0 Å². The summed E-state index contributed by atoms with van der Waals surface area (Å²) >= 11 is 1.59. The normalized spacial score (nSPS) is 14.0. The molecule has 1 aliphatic rings. The Morgan fingerprint density at radius 3 is 3.00 bits per heavy atom. The summed E-state index contributed by atoms with van der Waals surface area (Å²) in [4.78, 5) is 30.2. The van der Waals surface area contributed by atoms with Crippen LogP contribution in [0, 0.1) is 6.92 Å². The second kappa shape index (κ2) is 7.36. The van der Waals surface area contributed by atoms with E-state index in [1.54, 1.807) is 28.4 Å². The van der Waals surface area contributed by atoms with Crippen LogP contribution in [0.5, 0.6) is 5.75 Å². The molecule has 0 aliphatic carbocycles. The Hall–Kier alpha value is -2.93. The molecule has 1 N–H and O–H groups in total. The van der Waals surface area contributed by atoms with E-state index in [1.165, 1.54) is 0 Å². The maximum absolute atomic E-state index is 12.2. The fourth-order valence-electron chi connectivity index (χ4n) is 3.13. The number of aromatic nitrogens is 1. The number of carbonyl (C=O) groups is 2. The Balaban J connectivity index is 1.37. The van der Waals surface area contributed by atoms with E-state index in [0.29, 0.717) is 12.2 Å². The van der Waals surface area contributed by atoms with Crippen LogP contribution in [-0.2, 0) is 9.59 Å². The standard InChI is InChI=1S/C20H19N3O3S/c1-13-21-17-8-7-14(10-18(17)27-13)22-19(24)12-26-16-5-2-4-15(11-16)23-9-3-6-20(23)25/h2,4-5,7-8,10-11H,3,6,9,12H2,1H3,(H,22,24). The zero-order chi connectivity index (χ0) is 18.8. The number of rotatable bonds is 5. The molecule has 7 heteroatoms. The van der Waals surface area contributed by atoms with Gasteiger partial charge in [-0.2, -0.15) is 0 Å². The summed E-state index contributed by atoms with van der Waals surface area (Å²) in [6, 6.07) is 12.9. The van der Waals surface area contributed by atoms with Gasteiger partial charge in [-0.25, -0.2) is 4.98 Å². The van der Waals surface area contributed by atoms with E-state index in [4.69, 9.17) is 4.74 Å². The van der Waals surface area contributed by atoms with E-state index < -0.39 is 0 Å². The predicted molar refractivity (Wildman–Crippen MR) is 107 cm³/mol. The minimum Gasteiger partial charge on any atom is -0.484 e. The quantitative estimate of drug-likeness (QED) is 0.731. The lowest BCUT2D eigenvalue weighted by atomic mass is 10.3. The number of amides is 2. The average Bonchev–Trinajstić information content (AvgIpc) is 3.24. The lowest BCUT2D eigenvalue weighted by Crippen LogP contribution is -2.24. The van der Waals surface area contributed by atoms with Gasteiger partial charge in [0.15, 0.2) is 6.61 Å². The summed E-state index contributed by atoms with van der Waals surface area (Å²) in [5.74, 6) is 0.452. The van der Waals surface area contributed by atoms with Crippen molar-refractivity contribution in [3.63, 3.8) is 0 Å². The molecule has 0 radical (unpaired) electrons. The highest BCUT2D eigenvalue weighted by Crippen LogP contribution is 2.26. The molecule has 6 nitrogen and oxygen atoms in total. The molecule has 3 aromatic rings. The maximum Gasteiger partial charge on any atom is 0.262 e. The second-order valence-corrected chi connectivity index (χ2v) is 7.63. The molecule has 0 bridgehead atoms. The molecule has 2 heterocycles. The van der Waals surface area contributed by atoms with Gasteiger partial charge in [0.1, 0.15) is 5.75 Å². The van der Waals surface area contributed by atoms with Gasteiger partial charge >= 0.3 is 0 Å². The van der Waals surface area contributed by atoms with E-state index in [1.807, 2.05) is 37.3 Å². The van der Waals surface area contributed by atoms with Crippen molar-refractivity contribution in [3.8, 4) is 5.75 Å². The first-order valence-electron chi connectivity index (χ1n) is 8.79. The maximum atomic E-state index is 12.2. The third kappa shape index (κ3) is 3.93. The SMILES string of the molecule is Cc1nc2ccc(NC(=O)COc3cccc(N4CCCC4=O)c3)cc2s1. The molecule has 0 unspecified atom stereocenters. The largest absolute Gasteiger partial charge is 0.484 e. The zero-order valence-corrected chi connectivity index (χ0v) is 15.7. The summed E-state index contributed by atoms with van der Waals surface area (Å²) in [5, 5.41) is 3.83. The Morgan fingerprint density at radius 2 is 2.19 bits per heavy atom. The van der Waals surface area contributed by atoms with Crippen molar-refractivity contribution >= 4 is 44.7 Å². The van der Waals surface area contributed by atoms with Crippen LogP contribution in [0.15, 0.2) is 42.5 Å². The average molecular weight is 381 g/mol. The molecular weight excluding hydrogens is 362 g/mol. The molecule has 0 atom stereocenters. The van der Waals surface area contributed by atoms with Crippen molar-refractivity contribution in [1.82, 2.24) is 4.98 Å². The van der Waals surface area contributed by atoms with Gasteiger partial charge in [-0.1, -0.05) is 6.07 Å². The summed E-state index contributed by atoms with van der Waals surface area (Å²) in [7, 11) is 0. The van der Waals surface area contributed by atoms with E-state index in [9.17, 15) is 9.59 Å². The number of carbonyl (C=O) groups excluding carboxylic acids is 2. The molecule has 2 aromatic carbocycles. The van der Waals surface area contributed by atoms with Gasteiger partial charge in [-0.3, -0.25) is 9.59 Å². The van der Waals surface area contributed by atoms with Crippen LogP contribution in [0.4, 0.5) is 11.4 Å². The molecule has 27 heavy (non-hydrogen) atoms. The van der Waals surface area contributed by atoms with E-state index in [2.05, 4.69) is 10.3 Å². The predicted octanol–water partition coefficient (Wildman–Crippen LogP) is 3.75. The fraction of sp³-hybridized carbons (Fsp3) is 0.250. The molecule has 138 valence electrons. The number of nitrogens with one attached hydrogen (secondary N) is 1. The number of nitrogens with zero attached hydrogens (tertiary/aromatic N) is 2. The first-order valence-corrected chi connectivity index (χ1v) is 9.60. The van der Waals surface area contributed by atoms with Crippen LogP contribution >= 0.6 is 11.3 Å². The van der Waals surface area contributed by atoms with E-state index in [0.717, 1.165) is 39.6 Å². The zero-order valence-electron chi connectivity index (χ0n) is 14.9. The lowest BCUT2D eigenvalue weighted by molar-refractivity contribution is -0.118. The van der Waals surface area contributed by atoms with Gasteiger partial charge in [0.25, 0.3) is 5.91 Å². The Labute approximate surface area is 160 Å². The van der Waals surface area contributed by atoms with E-state index >= 15 is 0 Å². The van der Waals surface area contributed by atoms with Gasteiger partial charge in [0, 0.05) is 30.4 Å². The highest BCUT2D eigenvalue weighted by molar-refractivity contribution is 7.18. The number of hydrogen-bond acceptors (Lipinski definition) is 5. The lowest BCUT2D eigenvalue weighted by Gasteiger charge is -2.16. The molecule has 4 rings (SSSR count). The van der Waals surface area contributed by atoms with Gasteiger partial charge in [0.2, 0.25) is 5.91 Å². The summed E-state index contributed by atoms with van der Waals surface area (Å²) in [6.07, 6.45) is 1.45. The topological polar surface area (TPSA) is 71.5 Å². The summed E-state index contributed by atoms with van der Waals surface area (Å²) in [6.45, 7) is 2.58. The number of hydrogen-bond donors (Lipinski definition) is 1. The molecule has 1 aliphatic heterocycles. The van der Waals surface area contributed by atoms with Gasteiger partial charge < -0.3 is 15.0 Å². The molecular formula is C20H19N3O3S. The minimum atomic E-state index is -0.238. The van der Waals surface area contributed by atoms with Crippen molar-refractivity contribution in [2.24, 2.45) is 0 Å². The molecule has 1 fully saturated rings. The number of benzene rings is 2. The van der Waals surface area contributed by atoms with Crippen LogP contribution in [0.2, 0.25) is 0 Å². The third-order valence-electron chi connectivity index (χ3n) is 4.35. The Morgan fingerprint density at radius 1 is 1.30 bits per heavy atom. The Bertz CT molecular complexity index is 1010. The van der Waals surface area contributed by atoms with Crippen molar-refractivity contribution < 1.29 is 14.3 Å². The number of aryl methyl sites for hydroxylation is 1. The minimum absolute atomic E-state index is 0.100. The van der Waals surface area contributed by atoms with Crippen LogP contribution in [-0.4, -0.2) is 29.9 Å². The first kappa shape index (κ1) is 17.5. The number of ether oxygens (including phenoxy) is 1. The first-order chi connectivity index (χ1) is 13.1. The molecule has 1 aromatic heterocycles. The van der Waals surface area contributed by atoms with Crippen LogP contribution in [0.25, 0.3) is 10.2 Å². The number of fused-ring (bicyclic) bond motifs is 1. The monoisotopic (exact) mass is 381 g/mol. The van der Waals surface area contributed by atoms with Crippen LogP contribution in [0.1, 0.15) is 17.8 Å². The molecule has 2 amide bonds. The van der Waals surface area contributed by atoms with Gasteiger partial charge in [-0.05, 0) is 43.7 Å². The molecule has 0 spiro atoms.